The van der Waals surface area contributed by atoms with E-state index in [9.17, 15) is 29.5 Å². The summed E-state index contributed by atoms with van der Waals surface area (Å²) in [5.74, 6) is -2.09. The Morgan fingerprint density at radius 1 is 1.32 bits per heavy atom. The number of carbonyl (C=O) groups excluding carboxylic acids is 2. The third-order valence-electron chi connectivity index (χ3n) is 2.85. The lowest BCUT2D eigenvalue weighted by molar-refractivity contribution is -0.125. The number of nitrogens with zero attached hydrogens (tertiary/aromatic N) is 1. The molecule has 0 fully saturated rings. The Kier molecular flexibility index (Phi) is 6.28. The molecule has 1 rings (SSSR count). The molecule has 12 nitrogen and oxygen atoms in total. The van der Waals surface area contributed by atoms with E-state index in [0.717, 1.165) is 6.21 Å². The molecular formula is C9H16N3O9P. The highest BCUT2D eigenvalue weighted by Crippen LogP contribution is 2.35. The third kappa shape index (κ3) is 5.19. The standard InChI is InChI=1S/C9H16N3O9P/c10-5(3-1-11-9(17)12-8(3)16)7(15)6(14)4(13)2-21-22(18,19)20/h1,3-7,13-15H,2,10H2,(H,12,16,17)(H2,18,19,20)/t3-,4+,5+,6+,7-/m0/s1. The quantitative estimate of drug-likeness (QED) is 0.226. The van der Waals surface area contributed by atoms with Gasteiger partial charge in [0.05, 0.1) is 18.6 Å². The number of nitrogens with one attached hydrogen (secondary N) is 1. The van der Waals surface area contributed by atoms with Gasteiger partial charge in [0, 0.05) is 12.3 Å². The molecule has 0 saturated carbocycles. The van der Waals surface area contributed by atoms with E-state index in [0.29, 0.717) is 0 Å². The maximum atomic E-state index is 11.5. The summed E-state index contributed by atoms with van der Waals surface area (Å²) in [5.41, 5.74) is 5.57. The summed E-state index contributed by atoms with van der Waals surface area (Å²) in [5, 5.41) is 30.8. The molecule has 1 heterocycles. The lowest BCUT2D eigenvalue weighted by Crippen LogP contribution is -2.57. The second-order valence-electron chi connectivity index (χ2n) is 4.51. The number of hydrogen-bond donors (Lipinski definition) is 7. The van der Waals surface area contributed by atoms with Gasteiger partial charge in [-0.1, -0.05) is 0 Å². The number of aliphatic hydroxyl groups excluding tert-OH is 3. The van der Waals surface area contributed by atoms with Crippen LogP contribution in [-0.4, -0.2) is 74.2 Å². The van der Waals surface area contributed by atoms with Gasteiger partial charge in [0.25, 0.3) is 0 Å². The zero-order chi connectivity index (χ0) is 17.1. The van der Waals surface area contributed by atoms with Crippen molar-refractivity contribution in [1.82, 2.24) is 5.32 Å². The van der Waals surface area contributed by atoms with E-state index < -0.39 is 56.6 Å². The van der Waals surface area contributed by atoms with Crippen molar-refractivity contribution in [1.29, 1.82) is 0 Å². The van der Waals surface area contributed by atoms with Gasteiger partial charge in [0.1, 0.15) is 12.2 Å². The Balaban J connectivity index is 2.67. The summed E-state index contributed by atoms with van der Waals surface area (Å²) in [7, 11) is -4.86. The van der Waals surface area contributed by atoms with Crippen LogP contribution in [-0.2, 0) is 13.9 Å². The maximum absolute atomic E-state index is 11.5. The minimum atomic E-state index is -4.86. The van der Waals surface area contributed by atoms with E-state index >= 15 is 0 Å². The molecular weight excluding hydrogens is 325 g/mol. The molecule has 22 heavy (non-hydrogen) atoms. The second-order valence-corrected chi connectivity index (χ2v) is 5.75. The number of aliphatic imine (C=N–C) groups is 1. The van der Waals surface area contributed by atoms with Crippen LogP contribution in [0, 0.1) is 5.92 Å². The molecule has 0 aromatic carbocycles. The van der Waals surface area contributed by atoms with Gasteiger partial charge in [0.15, 0.2) is 0 Å². The van der Waals surface area contributed by atoms with Gasteiger partial charge in [-0.25, -0.2) is 14.4 Å². The first-order valence-corrected chi connectivity index (χ1v) is 7.45. The van der Waals surface area contributed by atoms with E-state index in [1.54, 1.807) is 0 Å². The third-order valence-corrected chi connectivity index (χ3v) is 3.34. The smallest absolute Gasteiger partial charge is 0.389 e. The zero-order valence-corrected chi connectivity index (χ0v) is 11.9. The fourth-order valence-corrected chi connectivity index (χ4v) is 2.00. The molecule has 13 heteroatoms. The van der Waals surface area contributed by atoms with Crippen LogP contribution in [0.25, 0.3) is 0 Å². The predicted molar refractivity (Wildman–Crippen MR) is 69.5 cm³/mol. The van der Waals surface area contributed by atoms with Crippen molar-refractivity contribution >= 4 is 26.0 Å². The first-order chi connectivity index (χ1) is 10.0. The highest BCUT2D eigenvalue weighted by atomic mass is 31.2. The number of hydrogen-bond acceptors (Lipinski definition) is 8. The SMILES string of the molecule is N[C@@H]([C@H](O)[C@H](O)[C@H](O)COP(=O)(O)O)[C@@H]1C=NC(=O)NC1=O. The lowest BCUT2D eigenvalue weighted by atomic mass is 9.90. The Labute approximate surface area is 123 Å². The molecule has 0 aromatic heterocycles. The summed E-state index contributed by atoms with van der Waals surface area (Å²) in [6.45, 7) is -0.974. The van der Waals surface area contributed by atoms with Crippen LogP contribution < -0.4 is 11.1 Å². The Morgan fingerprint density at radius 3 is 2.41 bits per heavy atom. The largest absolute Gasteiger partial charge is 0.469 e. The van der Waals surface area contributed by atoms with E-state index in [-0.39, 0.29) is 0 Å². The maximum Gasteiger partial charge on any atom is 0.469 e. The minimum absolute atomic E-state index is 0.847. The molecule has 0 radical (unpaired) electrons. The highest BCUT2D eigenvalue weighted by Gasteiger charge is 2.38. The number of nitrogens with two attached hydrogens (primary N) is 1. The normalized spacial score (nSPS) is 24.5. The number of urea groups is 1. The zero-order valence-electron chi connectivity index (χ0n) is 11.0. The van der Waals surface area contributed by atoms with E-state index in [1.165, 1.54) is 0 Å². The Bertz CT molecular complexity index is 507. The minimum Gasteiger partial charge on any atom is -0.389 e. The first-order valence-electron chi connectivity index (χ1n) is 5.92. The van der Waals surface area contributed by atoms with Gasteiger partial charge >= 0.3 is 13.9 Å². The summed E-state index contributed by atoms with van der Waals surface area (Å²) in [6, 6.07) is -2.34. The number of phosphoric acid groups is 1. The van der Waals surface area contributed by atoms with Crippen molar-refractivity contribution in [2.75, 3.05) is 6.61 Å². The molecule has 1 aliphatic rings. The van der Waals surface area contributed by atoms with E-state index in [1.807, 2.05) is 5.32 Å². The lowest BCUT2D eigenvalue weighted by Gasteiger charge is -2.30. The van der Waals surface area contributed by atoms with Crippen LogP contribution in [0.15, 0.2) is 4.99 Å². The van der Waals surface area contributed by atoms with Gasteiger partial charge in [-0.3, -0.25) is 14.6 Å². The molecule has 8 N–H and O–H groups in total. The molecule has 0 spiro atoms. The summed E-state index contributed by atoms with van der Waals surface area (Å²) < 4.78 is 14.5. The van der Waals surface area contributed by atoms with E-state index in [2.05, 4.69) is 9.52 Å². The van der Waals surface area contributed by atoms with Crippen LogP contribution in [0.1, 0.15) is 0 Å². The summed E-state index contributed by atoms with van der Waals surface area (Å²) in [6.07, 6.45) is -4.80. The Morgan fingerprint density at radius 2 is 1.91 bits per heavy atom. The highest BCUT2D eigenvalue weighted by molar-refractivity contribution is 7.46. The number of imide groups is 1. The second kappa shape index (κ2) is 7.35. The Hall–Kier alpha value is -1.24. The molecule has 0 saturated heterocycles. The molecule has 0 bridgehead atoms. The first kappa shape index (κ1) is 18.8. The molecule has 5 atom stereocenters. The van der Waals surface area contributed by atoms with Crippen LogP contribution in [0.4, 0.5) is 4.79 Å². The van der Waals surface area contributed by atoms with Gasteiger partial charge in [-0.2, -0.15) is 0 Å². The molecule has 0 aromatic rings. The summed E-state index contributed by atoms with van der Waals surface area (Å²) in [4.78, 5) is 42.5. The number of carbonyl (C=O) groups is 2. The van der Waals surface area contributed by atoms with E-state index in [4.69, 9.17) is 15.5 Å². The van der Waals surface area contributed by atoms with Gasteiger partial charge in [0.2, 0.25) is 5.91 Å². The topological polar surface area (TPSA) is 212 Å². The number of amides is 3. The van der Waals surface area contributed by atoms with Crippen molar-refractivity contribution in [3.63, 3.8) is 0 Å². The molecule has 126 valence electrons. The van der Waals surface area contributed by atoms with Gasteiger partial charge in [-0.15, -0.1) is 0 Å². The predicted octanol–water partition coefficient (Wildman–Crippen LogP) is -3.56. The average molecular weight is 341 g/mol. The number of aliphatic hydroxyl groups is 3. The van der Waals surface area contributed by atoms with Gasteiger partial charge < -0.3 is 30.8 Å². The van der Waals surface area contributed by atoms with Crippen LogP contribution in [0.5, 0.6) is 0 Å². The van der Waals surface area contributed by atoms with Crippen LogP contribution in [0.2, 0.25) is 0 Å². The summed E-state index contributed by atoms with van der Waals surface area (Å²) >= 11 is 0. The van der Waals surface area contributed by atoms with Crippen molar-refractivity contribution in [3.8, 4) is 0 Å². The van der Waals surface area contributed by atoms with Crippen LogP contribution >= 0.6 is 7.82 Å². The number of phosphoric ester groups is 1. The molecule has 3 amide bonds. The average Bonchev–Trinajstić information content (AvgIpc) is 2.41. The van der Waals surface area contributed by atoms with Crippen molar-refractivity contribution < 1.29 is 43.8 Å². The fraction of sp³-hybridized carbons (Fsp3) is 0.667. The molecule has 0 aliphatic carbocycles. The fourth-order valence-electron chi connectivity index (χ4n) is 1.65. The molecule has 1 aliphatic heterocycles. The number of rotatable bonds is 7. The van der Waals surface area contributed by atoms with Crippen molar-refractivity contribution in [2.24, 2.45) is 16.6 Å². The van der Waals surface area contributed by atoms with Crippen molar-refractivity contribution in [2.45, 2.75) is 24.4 Å². The monoisotopic (exact) mass is 341 g/mol. The van der Waals surface area contributed by atoms with Crippen molar-refractivity contribution in [3.05, 3.63) is 0 Å². The molecule has 0 unspecified atom stereocenters. The van der Waals surface area contributed by atoms with Crippen LogP contribution in [0.3, 0.4) is 0 Å². The van der Waals surface area contributed by atoms with Gasteiger partial charge in [-0.05, 0) is 0 Å².